The van der Waals surface area contributed by atoms with Crippen LogP contribution in [-0.4, -0.2) is 23.0 Å². The molecule has 2 heterocycles. The molecule has 0 fully saturated rings. The van der Waals surface area contributed by atoms with Crippen molar-refractivity contribution in [3.63, 3.8) is 0 Å². The molecule has 0 aromatic carbocycles. The summed E-state index contributed by atoms with van der Waals surface area (Å²) in [4.78, 5) is 20.5. The number of hydrogen-bond acceptors (Lipinski definition) is 7. The highest BCUT2D eigenvalue weighted by Gasteiger charge is 2.07. The summed E-state index contributed by atoms with van der Waals surface area (Å²) in [5, 5.41) is 5.84. The zero-order chi connectivity index (χ0) is 12.1. The van der Waals surface area contributed by atoms with Crippen molar-refractivity contribution in [1.82, 2.24) is 9.97 Å². The second-order valence-corrected chi connectivity index (χ2v) is 5.05. The number of esters is 1. The predicted octanol–water partition coefficient (Wildman–Crippen LogP) is 1.93. The molecule has 1 N–H and O–H groups in total. The predicted molar refractivity (Wildman–Crippen MR) is 67.3 cm³/mol. The van der Waals surface area contributed by atoms with Gasteiger partial charge in [-0.15, -0.1) is 22.7 Å². The van der Waals surface area contributed by atoms with Gasteiger partial charge in [0.2, 0.25) is 0 Å². The Labute approximate surface area is 106 Å². The highest BCUT2D eigenvalue weighted by atomic mass is 32.1. The molecule has 2 rings (SSSR count). The highest BCUT2D eigenvalue weighted by molar-refractivity contribution is 7.13. The monoisotopic (exact) mass is 269 g/mol. The first-order valence-electron chi connectivity index (χ1n) is 4.90. The Hall–Kier alpha value is -1.47. The number of carbonyl (C=O) groups excluding carboxylic acids is 1. The van der Waals surface area contributed by atoms with Gasteiger partial charge in [0.1, 0.15) is 0 Å². The quantitative estimate of drug-likeness (QED) is 0.840. The van der Waals surface area contributed by atoms with Crippen LogP contribution in [0, 0.1) is 0 Å². The summed E-state index contributed by atoms with van der Waals surface area (Å²) in [6, 6.07) is 0. The van der Waals surface area contributed by atoms with Gasteiger partial charge in [-0.05, 0) is 0 Å². The van der Waals surface area contributed by atoms with Crippen LogP contribution < -0.4 is 5.32 Å². The van der Waals surface area contributed by atoms with Gasteiger partial charge < -0.3 is 10.1 Å². The molecule has 0 atom stereocenters. The molecule has 0 aliphatic carbocycles. The smallest absolute Gasteiger partial charge is 0.311 e. The van der Waals surface area contributed by atoms with Gasteiger partial charge in [0.05, 0.1) is 31.3 Å². The fraction of sp³-hybridized carbons (Fsp3) is 0.300. The Kier molecular flexibility index (Phi) is 4.05. The number of methoxy groups -OCH3 is 1. The molecule has 2 aromatic heterocycles. The van der Waals surface area contributed by atoms with Crippen LogP contribution in [0.3, 0.4) is 0 Å². The molecule has 0 saturated heterocycles. The van der Waals surface area contributed by atoms with E-state index in [9.17, 15) is 4.79 Å². The molecular formula is C10H11N3O2S2. The Balaban J connectivity index is 1.88. The van der Waals surface area contributed by atoms with E-state index in [1.807, 2.05) is 11.6 Å². The maximum absolute atomic E-state index is 11.1. The molecule has 0 radical (unpaired) electrons. The number of hydrogen-bond donors (Lipinski definition) is 1. The molecule has 2 aromatic rings. The number of thiazole rings is 2. The Morgan fingerprint density at radius 1 is 1.53 bits per heavy atom. The molecule has 0 saturated carbocycles. The molecule has 5 nitrogen and oxygen atoms in total. The number of carbonyl (C=O) groups is 1. The first-order chi connectivity index (χ1) is 8.28. The minimum Gasteiger partial charge on any atom is -0.469 e. The second-order valence-electron chi connectivity index (χ2n) is 3.22. The van der Waals surface area contributed by atoms with E-state index < -0.39 is 0 Å². The zero-order valence-corrected chi connectivity index (χ0v) is 10.8. The molecule has 90 valence electrons. The minimum atomic E-state index is -0.274. The van der Waals surface area contributed by atoms with Crippen molar-refractivity contribution in [2.45, 2.75) is 13.0 Å². The van der Waals surface area contributed by atoms with Crippen LogP contribution in [0.2, 0.25) is 0 Å². The summed E-state index contributed by atoms with van der Waals surface area (Å²) in [6.07, 6.45) is 2.04. The molecule has 0 spiro atoms. The summed E-state index contributed by atoms with van der Waals surface area (Å²) in [6.45, 7) is 0.704. The first-order valence-corrected chi connectivity index (χ1v) is 6.66. The summed E-state index contributed by atoms with van der Waals surface area (Å²) in [5.41, 5.74) is 2.52. The van der Waals surface area contributed by atoms with Gasteiger partial charge in [0, 0.05) is 16.5 Å². The lowest BCUT2D eigenvalue weighted by Gasteiger charge is -1.98. The lowest BCUT2D eigenvalue weighted by molar-refractivity contribution is -0.139. The van der Waals surface area contributed by atoms with Crippen LogP contribution in [0.15, 0.2) is 17.1 Å². The normalized spacial score (nSPS) is 10.2. The van der Waals surface area contributed by atoms with E-state index in [0.717, 1.165) is 15.7 Å². The largest absolute Gasteiger partial charge is 0.469 e. The van der Waals surface area contributed by atoms with E-state index in [0.29, 0.717) is 6.54 Å². The number of ether oxygens (including phenoxy) is 1. The molecule has 7 heteroatoms. The topological polar surface area (TPSA) is 64.1 Å². The fourth-order valence-electron chi connectivity index (χ4n) is 1.18. The van der Waals surface area contributed by atoms with Crippen molar-refractivity contribution in [3.8, 4) is 0 Å². The van der Waals surface area contributed by atoms with Gasteiger partial charge in [-0.2, -0.15) is 0 Å². The number of nitrogens with one attached hydrogen (secondary N) is 1. The SMILES string of the molecule is COC(=O)Cc1csc(NCc2cncs2)n1. The van der Waals surface area contributed by atoms with Crippen LogP contribution >= 0.6 is 22.7 Å². The third-order valence-electron chi connectivity index (χ3n) is 2.00. The van der Waals surface area contributed by atoms with Crippen molar-refractivity contribution in [1.29, 1.82) is 0 Å². The van der Waals surface area contributed by atoms with Crippen molar-refractivity contribution < 1.29 is 9.53 Å². The van der Waals surface area contributed by atoms with Crippen LogP contribution in [0.25, 0.3) is 0 Å². The highest BCUT2D eigenvalue weighted by Crippen LogP contribution is 2.17. The number of rotatable bonds is 5. The van der Waals surface area contributed by atoms with Crippen LogP contribution in [0.1, 0.15) is 10.6 Å². The molecule has 17 heavy (non-hydrogen) atoms. The van der Waals surface area contributed by atoms with Crippen molar-refractivity contribution in [2.75, 3.05) is 12.4 Å². The van der Waals surface area contributed by atoms with E-state index in [-0.39, 0.29) is 12.4 Å². The van der Waals surface area contributed by atoms with Crippen molar-refractivity contribution in [3.05, 3.63) is 27.7 Å². The third kappa shape index (κ3) is 3.50. The van der Waals surface area contributed by atoms with E-state index in [1.165, 1.54) is 18.4 Å². The molecule has 0 unspecified atom stereocenters. The minimum absolute atomic E-state index is 0.217. The van der Waals surface area contributed by atoms with E-state index in [1.54, 1.807) is 16.8 Å². The average Bonchev–Trinajstić information content (AvgIpc) is 2.97. The van der Waals surface area contributed by atoms with Crippen molar-refractivity contribution >= 4 is 33.8 Å². The average molecular weight is 269 g/mol. The lowest BCUT2D eigenvalue weighted by Crippen LogP contribution is -2.05. The maximum Gasteiger partial charge on any atom is 0.311 e. The fourth-order valence-corrected chi connectivity index (χ4v) is 2.43. The number of aromatic nitrogens is 2. The Morgan fingerprint density at radius 3 is 3.12 bits per heavy atom. The van der Waals surface area contributed by atoms with Gasteiger partial charge in [0.25, 0.3) is 0 Å². The van der Waals surface area contributed by atoms with Crippen LogP contribution in [-0.2, 0) is 22.5 Å². The van der Waals surface area contributed by atoms with E-state index in [4.69, 9.17) is 0 Å². The lowest BCUT2D eigenvalue weighted by atomic mass is 10.3. The molecule has 0 aliphatic heterocycles. The number of anilines is 1. The van der Waals surface area contributed by atoms with Gasteiger partial charge in [-0.3, -0.25) is 9.78 Å². The molecule has 0 aliphatic rings. The van der Waals surface area contributed by atoms with Gasteiger partial charge in [0.15, 0.2) is 5.13 Å². The Morgan fingerprint density at radius 2 is 2.41 bits per heavy atom. The third-order valence-corrected chi connectivity index (χ3v) is 3.63. The molecule has 0 bridgehead atoms. The maximum atomic E-state index is 11.1. The van der Waals surface area contributed by atoms with Gasteiger partial charge >= 0.3 is 5.97 Å². The Bertz CT molecular complexity index is 481. The zero-order valence-electron chi connectivity index (χ0n) is 9.17. The standard InChI is InChI=1S/C10H11N3O2S2/c1-15-9(14)2-7-5-16-10(13-7)12-4-8-3-11-6-17-8/h3,5-6H,2,4H2,1H3,(H,12,13). The first kappa shape index (κ1) is 12.0. The molecule has 0 amide bonds. The van der Waals surface area contributed by atoms with E-state index >= 15 is 0 Å². The van der Waals surface area contributed by atoms with Crippen LogP contribution in [0.5, 0.6) is 0 Å². The van der Waals surface area contributed by atoms with E-state index in [2.05, 4.69) is 20.0 Å². The summed E-state index contributed by atoms with van der Waals surface area (Å²) in [7, 11) is 1.37. The summed E-state index contributed by atoms with van der Waals surface area (Å²) < 4.78 is 4.58. The second kappa shape index (κ2) is 5.74. The van der Waals surface area contributed by atoms with Crippen LogP contribution in [0.4, 0.5) is 5.13 Å². The van der Waals surface area contributed by atoms with Crippen molar-refractivity contribution in [2.24, 2.45) is 0 Å². The van der Waals surface area contributed by atoms with Gasteiger partial charge in [-0.25, -0.2) is 4.98 Å². The summed E-state index contributed by atoms with van der Waals surface area (Å²) >= 11 is 3.07. The summed E-state index contributed by atoms with van der Waals surface area (Å²) in [5.74, 6) is -0.274. The molecular weight excluding hydrogens is 258 g/mol. The van der Waals surface area contributed by atoms with Gasteiger partial charge in [-0.1, -0.05) is 0 Å². The number of nitrogens with zero attached hydrogens (tertiary/aromatic N) is 2.